The van der Waals surface area contributed by atoms with Crippen LogP contribution in [0.4, 0.5) is 8.78 Å². The van der Waals surface area contributed by atoms with Gasteiger partial charge in [-0.15, -0.1) is 0 Å². The second-order valence-corrected chi connectivity index (χ2v) is 3.93. The number of halogens is 2. The number of nitrogens with zero attached hydrogens (tertiary/aromatic N) is 1. The third-order valence-electron chi connectivity index (χ3n) is 2.64. The van der Waals surface area contributed by atoms with E-state index in [0.29, 0.717) is 11.5 Å². The minimum Gasteiger partial charge on any atom is -0.454 e. The van der Waals surface area contributed by atoms with Crippen molar-refractivity contribution in [3.63, 3.8) is 0 Å². The molecule has 1 aromatic rings. The fraction of sp³-hybridized carbons (Fsp3) is 0.417. The summed E-state index contributed by atoms with van der Waals surface area (Å²) >= 11 is 0. The molecule has 1 N–H and O–H groups in total. The van der Waals surface area contributed by atoms with E-state index in [1.165, 1.54) is 12.1 Å². The number of ether oxygens (including phenoxy) is 2. The van der Waals surface area contributed by atoms with Gasteiger partial charge < -0.3 is 19.5 Å². The van der Waals surface area contributed by atoms with Crippen molar-refractivity contribution in [3.8, 4) is 11.5 Å². The van der Waals surface area contributed by atoms with Crippen molar-refractivity contribution in [2.75, 3.05) is 26.5 Å². The van der Waals surface area contributed by atoms with Gasteiger partial charge in [-0.3, -0.25) is 4.79 Å². The van der Waals surface area contributed by atoms with Crippen molar-refractivity contribution < 1.29 is 28.2 Å². The molecule has 0 saturated carbocycles. The van der Waals surface area contributed by atoms with Crippen molar-refractivity contribution in [3.05, 3.63) is 23.8 Å². The van der Waals surface area contributed by atoms with Gasteiger partial charge >= 0.3 is 0 Å². The fourth-order valence-corrected chi connectivity index (χ4v) is 1.78. The number of alkyl halides is 2. The Bertz CT molecular complexity index is 467. The van der Waals surface area contributed by atoms with Crippen LogP contribution in [-0.4, -0.2) is 48.8 Å². The molecule has 0 unspecified atom stereocenters. The molecule has 5 nitrogen and oxygen atoms in total. The lowest BCUT2D eigenvalue weighted by Gasteiger charge is -2.21. The van der Waals surface area contributed by atoms with Gasteiger partial charge in [0.2, 0.25) is 6.79 Å². The highest BCUT2D eigenvalue weighted by molar-refractivity contribution is 5.95. The minimum atomic E-state index is -2.65. The zero-order valence-electron chi connectivity index (χ0n) is 10.0. The summed E-state index contributed by atoms with van der Waals surface area (Å²) in [6.07, 6.45) is -2.65. The molecule has 1 aliphatic heterocycles. The number of hydrogen-bond donors (Lipinski definition) is 1. The molecule has 104 valence electrons. The molecule has 1 amide bonds. The molecule has 0 aromatic heterocycles. The molecule has 1 aromatic carbocycles. The topological polar surface area (TPSA) is 59.0 Å². The Balaban J connectivity index is 2.16. The van der Waals surface area contributed by atoms with Crippen molar-refractivity contribution in [2.45, 2.75) is 6.43 Å². The van der Waals surface area contributed by atoms with E-state index in [4.69, 9.17) is 14.6 Å². The Morgan fingerprint density at radius 2 is 2.11 bits per heavy atom. The van der Waals surface area contributed by atoms with E-state index in [9.17, 15) is 13.6 Å². The maximum Gasteiger partial charge on any atom is 0.255 e. The van der Waals surface area contributed by atoms with Crippen LogP contribution in [-0.2, 0) is 0 Å². The molecule has 2 rings (SSSR count). The van der Waals surface area contributed by atoms with Crippen LogP contribution >= 0.6 is 0 Å². The second kappa shape index (κ2) is 5.83. The first-order valence-electron chi connectivity index (χ1n) is 5.69. The van der Waals surface area contributed by atoms with Gasteiger partial charge in [-0.05, 0) is 18.2 Å². The van der Waals surface area contributed by atoms with Crippen molar-refractivity contribution in [1.29, 1.82) is 0 Å². The van der Waals surface area contributed by atoms with Crippen LogP contribution in [0.3, 0.4) is 0 Å². The van der Waals surface area contributed by atoms with Crippen molar-refractivity contribution in [1.82, 2.24) is 4.90 Å². The van der Waals surface area contributed by atoms with Crippen LogP contribution in [0.2, 0.25) is 0 Å². The zero-order chi connectivity index (χ0) is 13.8. The highest BCUT2D eigenvalue weighted by Crippen LogP contribution is 2.32. The third kappa shape index (κ3) is 3.11. The van der Waals surface area contributed by atoms with Crippen molar-refractivity contribution >= 4 is 5.91 Å². The van der Waals surface area contributed by atoms with Gasteiger partial charge in [0.15, 0.2) is 11.5 Å². The maximum atomic E-state index is 12.4. The van der Waals surface area contributed by atoms with Crippen LogP contribution < -0.4 is 9.47 Å². The number of rotatable bonds is 5. The Morgan fingerprint density at radius 3 is 2.79 bits per heavy atom. The summed E-state index contributed by atoms with van der Waals surface area (Å²) in [5.74, 6) is 0.346. The number of aliphatic hydroxyl groups excluding tert-OH is 1. The molecule has 1 aliphatic rings. The Labute approximate surface area is 108 Å². The lowest BCUT2D eigenvalue weighted by Crippen LogP contribution is -2.37. The van der Waals surface area contributed by atoms with Crippen molar-refractivity contribution in [2.24, 2.45) is 0 Å². The number of fused-ring (bicyclic) bond motifs is 1. The summed E-state index contributed by atoms with van der Waals surface area (Å²) in [5.41, 5.74) is 0.221. The average Bonchev–Trinajstić information content (AvgIpc) is 2.84. The van der Waals surface area contributed by atoms with Gasteiger partial charge in [-0.1, -0.05) is 0 Å². The second-order valence-electron chi connectivity index (χ2n) is 3.93. The Kier molecular flexibility index (Phi) is 4.16. The SMILES string of the molecule is O=C(c1ccc2c(c1)OCO2)N(CCO)CC(F)F. The minimum absolute atomic E-state index is 0.0738. The van der Waals surface area contributed by atoms with Gasteiger partial charge in [0.25, 0.3) is 12.3 Å². The normalized spacial score (nSPS) is 12.8. The summed E-state index contributed by atoms with van der Waals surface area (Å²) in [5, 5.41) is 8.82. The molecule has 1 heterocycles. The standard InChI is InChI=1S/C12H13F2NO4/c13-11(14)6-15(3-4-16)12(17)8-1-2-9-10(5-8)19-7-18-9/h1-2,5,11,16H,3-4,6-7H2. The quantitative estimate of drug-likeness (QED) is 0.873. The van der Waals surface area contributed by atoms with Crippen LogP contribution in [0.15, 0.2) is 18.2 Å². The van der Waals surface area contributed by atoms with Crippen LogP contribution in [0.25, 0.3) is 0 Å². The predicted molar refractivity (Wildman–Crippen MR) is 61.6 cm³/mol. The lowest BCUT2D eigenvalue weighted by atomic mass is 10.1. The molecule has 0 saturated heterocycles. The zero-order valence-corrected chi connectivity index (χ0v) is 10.0. The van der Waals surface area contributed by atoms with E-state index in [1.807, 2.05) is 0 Å². The molecule has 0 atom stereocenters. The molecular formula is C12H13F2NO4. The molecule has 0 fully saturated rings. The maximum absolute atomic E-state index is 12.4. The average molecular weight is 273 g/mol. The first kappa shape index (κ1) is 13.5. The number of hydrogen-bond acceptors (Lipinski definition) is 4. The summed E-state index contributed by atoms with van der Waals surface area (Å²) in [6, 6.07) is 4.47. The first-order chi connectivity index (χ1) is 9.11. The number of carbonyl (C=O) groups is 1. The van der Waals surface area contributed by atoms with Crippen LogP contribution in [0.5, 0.6) is 11.5 Å². The Morgan fingerprint density at radius 1 is 1.37 bits per heavy atom. The van der Waals surface area contributed by atoms with Gasteiger partial charge in [-0.2, -0.15) is 0 Å². The van der Waals surface area contributed by atoms with Crippen LogP contribution in [0.1, 0.15) is 10.4 Å². The molecule has 19 heavy (non-hydrogen) atoms. The smallest absolute Gasteiger partial charge is 0.255 e. The molecular weight excluding hydrogens is 260 g/mol. The number of carbonyl (C=O) groups excluding carboxylic acids is 1. The summed E-state index contributed by atoms with van der Waals surface area (Å²) in [4.78, 5) is 13.0. The van der Waals surface area contributed by atoms with Gasteiger partial charge in [0.1, 0.15) is 0 Å². The molecule has 0 bridgehead atoms. The summed E-state index contributed by atoms with van der Waals surface area (Å²) in [7, 11) is 0. The molecule has 0 spiro atoms. The monoisotopic (exact) mass is 273 g/mol. The highest BCUT2D eigenvalue weighted by Gasteiger charge is 2.22. The molecule has 7 heteroatoms. The fourth-order valence-electron chi connectivity index (χ4n) is 1.78. The summed E-state index contributed by atoms with van der Waals surface area (Å²) in [6.45, 7) is -1.15. The van der Waals surface area contributed by atoms with E-state index in [2.05, 4.69) is 0 Å². The lowest BCUT2D eigenvalue weighted by molar-refractivity contribution is 0.0509. The number of benzene rings is 1. The third-order valence-corrected chi connectivity index (χ3v) is 2.64. The summed E-state index contributed by atoms with van der Waals surface area (Å²) < 4.78 is 35.0. The van der Waals surface area contributed by atoms with E-state index in [1.54, 1.807) is 6.07 Å². The largest absolute Gasteiger partial charge is 0.454 e. The Hall–Kier alpha value is -1.89. The first-order valence-corrected chi connectivity index (χ1v) is 5.69. The van der Waals surface area contributed by atoms with Gasteiger partial charge in [-0.25, -0.2) is 8.78 Å². The number of aliphatic hydroxyl groups is 1. The van der Waals surface area contributed by atoms with Gasteiger partial charge in [0.05, 0.1) is 13.2 Å². The molecule has 0 radical (unpaired) electrons. The number of amides is 1. The van der Waals surface area contributed by atoms with E-state index < -0.39 is 18.9 Å². The predicted octanol–water partition coefficient (Wildman–Crippen LogP) is 1.11. The van der Waals surface area contributed by atoms with E-state index in [0.717, 1.165) is 4.90 Å². The highest BCUT2D eigenvalue weighted by atomic mass is 19.3. The van der Waals surface area contributed by atoms with E-state index in [-0.39, 0.29) is 25.5 Å². The van der Waals surface area contributed by atoms with Crippen LogP contribution in [0, 0.1) is 0 Å². The molecule has 0 aliphatic carbocycles. The van der Waals surface area contributed by atoms with Gasteiger partial charge in [0, 0.05) is 12.1 Å². The van der Waals surface area contributed by atoms with E-state index >= 15 is 0 Å².